The quantitative estimate of drug-likeness (QED) is 0.538. The highest BCUT2D eigenvalue weighted by atomic mass is 16.4. The van der Waals surface area contributed by atoms with Gasteiger partial charge in [-0.15, -0.1) is 0 Å². The Morgan fingerprint density at radius 1 is 1.04 bits per heavy atom. The maximum absolute atomic E-state index is 11.4. The van der Waals surface area contributed by atoms with Crippen molar-refractivity contribution in [3.63, 3.8) is 0 Å². The Kier molecular flexibility index (Phi) is 4.01. The number of rotatable bonds is 4. The van der Waals surface area contributed by atoms with Gasteiger partial charge in [-0.2, -0.15) is 0 Å². The van der Waals surface area contributed by atoms with Crippen LogP contribution < -0.4 is 0 Å². The molecule has 0 aliphatic carbocycles. The first kappa shape index (κ1) is 16.1. The number of fused-ring (bicyclic) bond motifs is 1. The van der Waals surface area contributed by atoms with Gasteiger partial charge in [0.05, 0.1) is 5.56 Å². The number of hydrogen-bond acceptors (Lipinski definition) is 2. The lowest BCUT2D eigenvalue weighted by molar-refractivity contribution is 0.0696. The molecule has 0 fully saturated rings. The van der Waals surface area contributed by atoms with Gasteiger partial charge in [0.25, 0.3) is 0 Å². The van der Waals surface area contributed by atoms with E-state index in [-0.39, 0.29) is 0 Å². The number of nitrogens with one attached hydrogen (secondary N) is 1. The maximum atomic E-state index is 11.4. The summed E-state index contributed by atoms with van der Waals surface area (Å²) in [5, 5.41) is 10.4. The molecule has 0 aliphatic heterocycles. The molecule has 0 radical (unpaired) electrons. The SMILES string of the molecule is CCc1cc(-c2c[nH]c3ncc(-c4ccccc4)cc23)ccc1C(=O)O. The van der Waals surface area contributed by atoms with E-state index in [0.717, 1.165) is 38.9 Å². The van der Waals surface area contributed by atoms with E-state index in [1.165, 1.54) is 0 Å². The normalized spacial score (nSPS) is 11.0. The number of aromatic nitrogens is 2. The summed E-state index contributed by atoms with van der Waals surface area (Å²) in [6, 6.07) is 17.8. The van der Waals surface area contributed by atoms with Crippen molar-refractivity contribution in [3.8, 4) is 22.3 Å². The molecule has 4 nitrogen and oxygen atoms in total. The predicted octanol–water partition coefficient (Wildman–Crippen LogP) is 5.16. The van der Waals surface area contributed by atoms with Crippen LogP contribution >= 0.6 is 0 Å². The minimum absolute atomic E-state index is 0.360. The van der Waals surface area contributed by atoms with E-state index in [4.69, 9.17) is 0 Å². The molecule has 0 amide bonds. The van der Waals surface area contributed by atoms with Crippen LogP contribution in [-0.4, -0.2) is 21.0 Å². The second-order valence-electron chi connectivity index (χ2n) is 6.22. The van der Waals surface area contributed by atoms with E-state index in [1.807, 2.05) is 49.6 Å². The molecular weight excluding hydrogens is 324 g/mol. The monoisotopic (exact) mass is 342 g/mol. The molecule has 2 aromatic heterocycles. The van der Waals surface area contributed by atoms with Crippen LogP contribution in [0.1, 0.15) is 22.8 Å². The number of aryl methyl sites for hydroxylation is 1. The summed E-state index contributed by atoms with van der Waals surface area (Å²) in [6.45, 7) is 1.97. The lowest BCUT2D eigenvalue weighted by Crippen LogP contribution is -2.01. The standard InChI is InChI=1S/C22H18N2O2/c1-2-14-10-16(8-9-18(14)22(25)26)20-13-24-21-19(20)11-17(12-23-21)15-6-4-3-5-7-15/h3-13H,2H2,1H3,(H,23,24)(H,25,26). The van der Waals surface area contributed by atoms with Gasteiger partial charge < -0.3 is 10.1 Å². The van der Waals surface area contributed by atoms with Crippen LogP contribution in [0.4, 0.5) is 0 Å². The Morgan fingerprint density at radius 2 is 1.85 bits per heavy atom. The molecule has 0 saturated carbocycles. The molecule has 0 aliphatic rings. The Bertz CT molecular complexity index is 1100. The van der Waals surface area contributed by atoms with Crippen molar-refractivity contribution in [1.29, 1.82) is 0 Å². The first-order valence-corrected chi connectivity index (χ1v) is 8.56. The third kappa shape index (κ3) is 2.75. The zero-order valence-corrected chi connectivity index (χ0v) is 14.4. The topological polar surface area (TPSA) is 66.0 Å². The molecule has 0 bridgehead atoms. The number of carboxylic acids is 1. The minimum Gasteiger partial charge on any atom is -0.478 e. The summed E-state index contributed by atoms with van der Waals surface area (Å²) in [5.74, 6) is -0.889. The van der Waals surface area contributed by atoms with E-state index < -0.39 is 5.97 Å². The van der Waals surface area contributed by atoms with Gasteiger partial charge in [0.15, 0.2) is 0 Å². The van der Waals surface area contributed by atoms with E-state index in [1.54, 1.807) is 6.07 Å². The molecule has 2 aromatic carbocycles. The number of pyridine rings is 1. The van der Waals surface area contributed by atoms with Gasteiger partial charge in [-0.3, -0.25) is 0 Å². The summed E-state index contributed by atoms with van der Waals surface area (Å²) in [6.07, 6.45) is 4.47. The number of carbonyl (C=O) groups is 1. The van der Waals surface area contributed by atoms with E-state index in [0.29, 0.717) is 12.0 Å². The zero-order chi connectivity index (χ0) is 18.1. The summed E-state index contributed by atoms with van der Waals surface area (Å²) in [4.78, 5) is 19.1. The summed E-state index contributed by atoms with van der Waals surface area (Å²) < 4.78 is 0. The number of H-pyrrole nitrogens is 1. The molecule has 0 saturated heterocycles. The fraction of sp³-hybridized carbons (Fsp3) is 0.0909. The van der Waals surface area contributed by atoms with Crippen molar-refractivity contribution in [2.24, 2.45) is 0 Å². The van der Waals surface area contributed by atoms with Gasteiger partial charge in [0, 0.05) is 28.9 Å². The molecule has 26 heavy (non-hydrogen) atoms. The fourth-order valence-corrected chi connectivity index (χ4v) is 3.29. The third-order valence-corrected chi connectivity index (χ3v) is 4.67. The Labute approximate surface area is 151 Å². The van der Waals surface area contributed by atoms with Crippen LogP contribution in [0.25, 0.3) is 33.3 Å². The smallest absolute Gasteiger partial charge is 0.335 e. The van der Waals surface area contributed by atoms with E-state index >= 15 is 0 Å². The molecule has 4 aromatic rings. The number of benzene rings is 2. The van der Waals surface area contributed by atoms with Crippen LogP contribution in [0.2, 0.25) is 0 Å². The first-order chi connectivity index (χ1) is 12.7. The highest BCUT2D eigenvalue weighted by Crippen LogP contribution is 2.32. The third-order valence-electron chi connectivity index (χ3n) is 4.67. The Morgan fingerprint density at radius 3 is 2.58 bits per heavy atom. The van der Waals surface area contributed by atoms with E-state index in [9.17, 15) is 9.90 Å². The zero-order valence-electron chi connectivity index (χ0n) is 14.4. The number of nitrogens with zero attached hydrogens (tertiary/aromatic N) is 1. The van der Waals surface area contributed by atoms with Crippen molar-refractivity contribution in [1.82, 2.24) is 9.97 Å². The van der Waals surface area contributed by atoms with Crippen molar-refractivity contribution in [2.75, 3.05) is 0 Å². The van der Waals surface area contributed by atoms with Crippen molar-refractivity contribution in [2.45, 2.75) is 13.3 Å². The molecule has 4 heteroatoms. The van der Waals surface area contributed by atoms with Crippen LogP contribution in [0.15, 0.2) is 67.0 Å². The highest BCUT2D eigenvalue weighted by molar-refractivity contribution is 5.97. The number of hydrogen-bond donors (Lipinski definition) is 2. The number of aromatic amines is 1. The van der Waals surface area contributed by atoms with Crippen molar-refractivity contribution >= 4 is 17.0 Å². The Hall–Kier alpha value is -3.40. The van der Waals surface area contributed by atoms with Crippen LogP contribution in [0.5, 0.6) is 0 Å². The molecule has 2 heterocycles. The van der Waals surface area contributed by atoms with Gasteiger partial charge in [-0.25, -0.2) is 9.78 Å². The molecule has 128 valence electrons. The van der Waals surface area contributed by atoms with Crippen molar-refractivity contribution in [3.05, 3.63) is 78.1 Å². The molecule has 0 unspecified atom stereocenters. The molecular formula is C22H18N2O2. The number of carboxylic acid groups (broad SMARTS) is 1. The fourth-order valence-electron chi connectivity index (χ4n) is 3.29. The lowest BCUT2D eigenvalue weighted by Gasteiger charge is -2.07. The average molecular weight is 342 g/mol. The summed E-state index contributed by atoms with van der Waals surface area (Å²) in [7, 11) is 0. The van der Waals surface area contributed by atoms with Crippen molar-refractivity contribution < 1.29 is 9.90 Å². The lowest BCUT2D eigenvalue weighted by atomic mass is 9.97. The van der Waals surface area contributed by atoms with Gasteiger partial charge >= 0.3 is 5.97 Å². The van der Waals surface area contributed by atoms with Crippen LogP contribution in [0, 0.1) is 0 Å². The molecule has 0 atom stereocenters. The highest BCUT2D eigenvalue weighted by Gasteiger charge is 2.13. The molecule has 2 N–H and O–H groups in total. The second-order valence-corrected chi connectivity index (χ2v) is 6.22. The summed E-state index contributed by atoms with van der Waals surface area (Å²) in [5.41, 5.74) is 6.19. The maximum Gasteiger partial charge on any atom is 0.335 e. The second kappa shape index (κ2) is 6.48. The van der Waals surface area contributed by atoms with E-state index in [2.05, 4.69) is 28.2 Å². The van der Waals surface area contributed by atoms with Gasteiger partial charge in [0.1, 0.15) is 5.65 Å². The summed E-state index contributed by atoms with van der Waals surface area (Å²) >= 11 is 0. The van der Waals surface area contributed by atoms with Crippen LogP contribution in [0.3, 0.4) is 0 Å². The first-order valence-electron chi connectivity index (χ1n) is 8.56. The molecule has 4 rings (SSSR count). The van der Waals surface area contributed by atoms with Gasteiger partial charge in [0.2, 0.25) is 0 Å². The predicted molar refractivity (Wildman–Crippen MR) is 103 cm³/mol. The number of aromatic carboxylic acids is 1. The molecule has 0 spiro atoms. The van der Waals surface area contributed by atoms with Gasteiger partial charge in [-0.1, -0.05) is 49.4 Å². The average Bonchev–Trinajstić information content (AvgIpc) is 3.11. The minimum atomic E-state index is -0.889. The Balaban J connectivity index is 1.86. The van der Waals surface area contributed by atoms with Gasteiger partial charge in [-0.05, 0) is 35.2 Å². The largest absolute Gasteiger partial charge is 0.478 e. The van der Waals surface area contributed by atoms with Crippen LogP contribution in [-0.2, 0) is 6.42 Å².